The molecule has 0 bridgehead atoms. The van der Waals surface area contributed by atoms with Crippen LogP contribution in [0.4, 0.5) is 4.79 Å². The first-order chi connectivity index (χ1) is 6.09. The highest BCUT2D eigenvalue weighted by molar-refractivity contribution is 5.95. The Hall–Kier alpha value is -1.30. The molecule has 2 amide bonds. The van der Waals surface area contributed by atoms with Gasteiger partial charge in [0.2, 0.25) is 0 Å². The summed E-state index contributed by atoms with van der Waals surface area (Å²) in [4.78, 5) is 25.9. The van der Waals surface area contributed by atoms with Crippen molar-refractivity contribution in [1.82, 2.24) is 4.90 Å². The number of likely N-dealkylation sites (tertiary alicyclic amines) is 1. The van der Waals surface area contributed by atoms with Crippen LogP contribution in [0.2, 0.25) is 0 Å². The molecule has 0 spiro atoms. The smallest absolute Gasteiger partial charge is 0.339 e. The van der Waals surface area contributed by atoms with Gasteiger partial charge in [-0.15, -0.1) is 12.4 Å². The number of carbonyl (C=O) groups is 2. The summed E-state index contributed by atoms with van der Waals surface area (Å²) in [5, 5.41) is 8.51. The lowest BCUT2D eigenvalue weighted by atomic mass is 10.4. The molecule has 0 aromatic rings. The number of urea groups is 1. The zero-order valence-electron chi connectivity index (χ0n) is 7.47. The van der Waals surface area contributed by atoms with Gasteiger partial charge in [0.25, 0.3) is 0 Å². The molecule has 0 atom stereocenters. The van der Waals surface area contributed by atoms with Crippen LogP contribution in [0.25, 0.3) is 0 Å². The van der Waals surface area contributed by atoms with Gasteiger partial charge in [-0.05, 0) is 6.42 Å². The van der Waals surface area contributed by atoms with Crippen molar-refractivity contribution >= 4 is 30.2 Å². The molecular weight excluding hydrogens is 210 g/mol. The van der Waals surface area contributed by atoms with Crippen LogP contribution in [0, 0.1) is 0 Å². The first-order valence-corrected chi connectivity index (χ1v) is 3.93. The number of hydrogen-bond acceptors (Lipinski definition) is 2. The second-order valence-corrected chi connectivity index (χ2v) is 2.79. The zero-order chi connectivity index (χ0) is 9.84. The Morgan fingerprint density at radius 2 is 2.21 bits per heavy atom. The maximum absolute atomic E-state index is 10.4. The quantitative estimate of drug-likeness (QED) is 0.690. The maximum atomic E-state index is 10.4. The van der Waals surface area contributed by atoms with Gasteiger partial charge < -0.3 is 15.7 Å². The zero-order valence-corrected chi connectivity index (χ0v) is 8.29. The van der Waals surface area contributed by atoms with Gasteiger partial charge in [0.05, 0.1) is 0 Å². The highest BCUT2D eigenvalue weighted by atomic mass is 35.5. The maximum Gasteiger partial charge on any atom is 0.339 e. The second kappa shape index (κ2) is 5.43. The highest BCUT2D eigenvalue weighted by Gasteiger charge is 2.20. The van der Waals surface area contributed by atoms with Gasteiger partial charge >= 0.3 is 12.0 Å². The van der Waals surface area contributed by atoms with Gasteiger partial charge in [-0.1, -0.05) is 0 Å². The van der Waals surface area contributed by atoms with E-state index in [-0.39, 0.29) is 19.0 Å². The minimum Gasteiger partial charge on any atom is -0.480 e. The molecule has 0 aromatic heterocycles. The summed E-state index contributed by atoms with van der Waals surface area (Å²) in [5.74, 6) is -0.450. The van der Waals surface area contributed by atoms with Crippen LogP contribution in [-0.2, 0) is 4.79 Å². The van der Waals surface area contributed by atoms with E-state index in [9.17, 15) is 9.59 Å². The van der Waals surface area contributed by atoms with Gasteiger partial charge in [0, 0.05) is 13.0 Å². The van der Waals surface area contributed by atoms with Crippen LogP contribution < -0.4 is 5.73 Å². The molecule has 1 heterocycles. The summed E-state index contributed by atoms with van der Waals surface area (Å²) in [6.07, 6.45) is 1.44. The van der Waals surface area contributed by atoms with E-state index in [4.69, 9.17) is 10.8 Å². The SMILES string of the molecule is Cl.NC(=O)/N=C1\CCCN1CC(=O)O. The number of amidine groups is 1. The molecule has 80 valence electrons. The molecule has 1 saturated heterocycles. The van der Waals surface area contributed by atoms with Crippen LogP contribution in [0.1, 0.15) is 12.8 Å². The lowest BCUT2D eigenvalue weighted by Crippen LogP contribution is -2.31. The van der Waals surface area contributed by atoms with E-state index in [0.717, 1.165) is 6.42 Å². The lowest BCUT2D eigenvalue weighted by Gasteiger charge is -2.14. The third-order valence-corrected chi connectivity index (χ3v) is 1.76. The number of carboxylic acid groups (broad SMARTS) is 1. The van der Waals surface area contributed by atoms with Gasteiger partial charge in [-0.25, -0.2) is 4.79 Å². The number of carboxylic acids is 1. The van der Waals surface area contributed by atoms with E-state index >= 15 is 0 Å². The predicted octanol–water partition coefficient (Wildman–Crippen LogP) is 0.0658. The van der Waals surface area contributed by atoms with Gasteiger partial charge in [-0.3, -0.25) is 4.79 Å². The van der Waals surface area contributed by atoms with Crippen molar-refractivity contribution in [2.45, 2.75) is 12.8 Å². The molecule has 14 heavy (non-hydrogen) atoms. The number of aliphatic imine (C=N–C) groups is 1. The molecule has 7 heteroatoms. The predicted molar refractivity (Wildman–Crippen MR) is 52.7 cm³/mol. The average Bonchev–Trinajstić information content (AvgIpc) is 2.34. The second-order valence-electron chi connectivity index (χ2n) is 2.79. The monoisotopic (exact) mass is 221 g/mol. The van der Waals surface area contributed by atoms with Gasteiger partial charge in [-0.2, -0.15) is 4.99 Å². The Morgan fingerprint density at radius 1 is 1.57 bits per heavy atom. The van der Waals surface area contributed by atoms with Gasteiger partial charge in [0.15, 0.2) is 0 Å². The number of primary amides is 1. The molecular formula is C7H12ClN3O3. The first-order valence-electron chi connectivity index (χ1n) is 3.93. The van der Waals surface area contributed by atoms with E-state index in [1.165, 1.54) is 0 Å². The Bertz CT molecular complexity index is 267. The van der Waals surface area contributed by atoms with Crippen molar-refractivity contribution in [3.63, 3.8) is 0 Å². The van der Waals surface area contributed by atoms with Crippen LogP contribution >= 0.6 is 12.4 Å². The standard InChI is InChI=1S/C7H11N3O3.ClH/c8-7(13)9-5-2-1-3-10(5)4-6(11)12;/h1-4H2,(H2,8,13)(H,11,12);1H/b9-5+;. The van der Waals surface area contributed by atoms with Crippen LogP contribution in [0.15, 0.2) is 4.99 Å². The molecule has 0 unspecified atom stereocenters. The van der Waals surface area contributed by atoms with Crippen molar-refractivity contribution in [3.8, 4) is 0 Å². The first kappa shape index (κ1) is 12.7. The summed E-state index contributed by atoms with van der Waals surface area (Å²) >= 11 is 0. The molecule has 1 fully saturated rings. The molecule has 1 aliphatic rings. The third-order valence-electron chi connectivity index (χ3n) is 1.76. The molecule has 3 N–H and O–H groups in total. The topological polar surface area (TPSA) is 96.0 Å². The Kier molecular flexibility index (Phi) is 4.93. The molecule has 0 aromatic carbocycles. The summed E-state index contributed by atoms with van der Waals surface area (Å²) in [6, 6.07) is -0.771. The molecule has 0 radical (unpaired) electrons. The van der Waals surface area contributed by atoms with Gasteiger partial charge in [0.1, 0.15) is 12.4 Å². The number of halogens is 1. The van der Waals surface area contributed by atoms with E-state index in [0.29, 0.717) is 18.8 Å². The van der Waals surface area contributed by atoms with Crippen molar-refractivity contribution in [1.29, 1.82) is 0 Å². The molecule has 1 aliphatic heterocycles. The van der Waals surface area contributed by atoms with E-state index in [1.54, 1.807) is 4.90 Å². The summed E-state index contributed by atoms with van der Waals surface area (Å²) < 4.78 is 0. The fourth-order valence-electron chi connectivity index (χ4n) is 1.30. The number of rotatable bonds is 2. The third kappa shape index (κ3) is 3.61. The van der Waals surface area contributed by atoms with E-state index in [1.807, 2.05) is 0 Å². The largest absolute Gasteiger partial charge is 0.480 e. The van der Waals surface area contributed by atoms with Crippen LogP contribution in [0.3, 0.4) is 0 Å². The van der Waals surface area contributed by atoms with Crippen molar-refractivity contribution < 1.29 is 14.7 Å². The minimum atomic E-state index is -0.931. The highest BCUT2D eigenvalue weighted by Crippen LogP contribution is 2.10. The number of amides is 2. The molecule has 6 nitrogen and oxygen atoms in total. The lowest BCUT2D eigenvalue weighted by molar-refractivity contribution is -0.137. The normalized spacial score (nSPS) is 18.0. The fourth-order valence-corrected chi connectivity index (χ4v) is 1.30. The Morgan fingerprint density at radius 3 is 2.71 bits per heavy atom. The van der Waals surface area contributed by atoms with Crippen molar-refractivity contribution in [2.75, 3.05) is 13.1 Å². The number of carbonyl (C=O) groups excluding carboxylic acids is 1. The van der Waals surface area contributed by atoms with Crippen LogP contribution in [0.5, 0.6) is 0 Å². The fraction of sp³-hybridized carbons (Fsp3) is 0.571. The number of hydrogen-bond donors (Lipinski definition) is 2. The summed E-state index contributed by atoms with van der Waals surface area (Å²) in [6.45, 7) is 0.504. The average molecular weight is 222 g/mol. The van der Waals surface area contributed by atoms with Crippen molar-refractivity contribution in [2.24, 2.45) is 10.7 Å². The van der Waals surface area contributed by atoms with E-state index < -0.39 is 12.0 Å². The molecule has 0 saturated carbocycles. The number of nitrogens with zero attached hydrogens (tertiary/aromatic N) is 2. The van der Waals surface area contributed by atoms with Crippen molar-refractivity contribution in [3.05, 3.63) is 0 Å². The summed E-state index contributed by atoms with van der Waals surface area (Å²) in [5.41, 5.74) is 4.86. The number of aliphatic carboxylic acids is 1. The van der Waals surface area contributed by atoms with E-state index in [2.05, 4.69) is 4.99 Å². The number of nitrogens with two attached hydrogens (primary N) is 1. The minimum absolute atomic E-state index is 0. The Balaban J connectivity index is 0.00000169. The molecule has 1 rings (SSSR count). The summed E-state index contributed by atoms with van der Waals surface area (Å²) in [7, 11) is 0. The van der Waals surface area contributed by atoms with Crippen LogP contribution in [-0.4, -0.2) is 40.9 Å². The molecule has 0 aliphatic carbocycles. The Labute approximate surface area is 87.2 Å².